The van der Waals surface area contributed by atoms with E-state index in [4.69, 9.17) is 14.2 Å². The zero-order valence-electron chi connectivity index (χ0n) is 11.7. The van der Waals surface area contributed by atoms with E-state index < -0.39 is 0 Å². The lowest BCUT2D eigenvalue weighted by molar-refractivity contribution is -0.121. The summed E-state index contributed by atoms with van der Waals surface area (Å²) < 4.78 is 15.8. The van der Waals surface area contributed by atoms with E-state index in [1.54, 1.807) is 21.3 Å². The van der Waals surface area contributed by atoms with E-state index >= 15 is 0 Å². The molecule has 0 aliphatic heterocycles. The molecule has 0 heterocycles. The molecule has 4 nitrogen and oxygen atoms in total. The Morgan fingerprint density at radius 3 is 1.94 bits per heavy atom. The normalized spacial score (nSPS) is 16.5. The first-order chi connectivity index (χ1) is 7.36. The third-order valence-corrected chi connectivity index (χ3v) is 2.77. The Morgan fingerprint density at radius 1 is 1.06 bits per heavy atom. The Labute approximate surface area is 99.6 Å². The molecule has 16 heavy (non-hydrogen) atoms. The van der Waals surface area contributed by atoms with Gasteiger partial charge in [-0.25, -0.2) is 0 Å². The predicted octanol–water partition coefficient (Wildman–Crippen LogP) is 1.79. The highest BCUT2D eigenvalue weighted by Gasteiger charge is 2.23. The summed E-state index contributed by atoms with van der Waals surface area (Å²) in [5, 5.41) is 3.44. The second-order valence-corrected chi connectivity index (χ2v) is 4.86. The minimum Gasteiger partial charge on any atom is -0.379 e. The molecule has 4 heteroatoms. The molecule has 1 N–H and O–H groups in total. The molecular formula is C12H27NO3. The second kappa shape index (κ2) is 7.22. The average Bonchev–Trinajstić information content (AvgIpc) is 2.18. The van der Waals surface area contributed by atoms with Crippen LogP contribution >= 0.6 is 0 Å². The fourth-order valence-electron chi connectivity index (χ4n) is 1.91. The average molecular weight is 233 g/mol. The fraction of sp³-hybridized carbons (Fsp3) is 1.00. The van der Waals surface area contributed by atoms with E-state index in [9.17, 15) is 0 Å². The molecule has 0 aliphatic carbocycles. The summed E-state index contributed by atoms with van der Waals surface area (Å²) in [4.78, 5) is 0. The molecule has 0 fully saturated rings. The monoisotopic (exact) mass is 233 g/mol. The molecule has 0 aromatic heterocycles. The zero-order valence-corrected chi connectivity index (χ0v) is 11.7. The van der Waals surface area contributed by atoms with Crippen LogP contribution < -0.4 is 5.32 Å². The third-order valence-electron chi connectivity index (χ3n) is 2.77. The predicted molar refractivity (Wildman–Crippen MR) is 65.6 cm³/mol. The van der Waals surface area contributed by atoms with Crippen LogP contribution in [0.15, 0.2) is 0 Å². The van der Waals surface area contributed by atoms with Crippen LogP contribution in [0.5, 0.6) is 0 Å². The zero-order chi connectivity index (χ0) is 12.8. The van der Waals surface area contributed by atoms with Gasteiger partial charge in [0.25, 0.3) is 0 Å². The third kappa shape index (κ3) is 5.80. The van der Waals surface area contributed by atoms with Crippen molar-refractivity contribution < 1.29 is 14.2 Å². The Morgan fingerprint density at radius 2 is 1.56 bits per heavy atom. The minimum absolute atomic E-state index is 0.109. The molecule has 0 bridgehead atoms. The van der Waals surface area contributed by atoms with Crippen molar-refractivity contribution in [2.45, 2.75) is 58.1 Å². The number of ether oxygens (including phenoxy) is 3. The maximum Gasteiger partial charge on any atom is 0.171 e. The second-order valence-electron chi connectivity index (χ2n) is 4.86. The molecule has 0 saturated heterocycles. The van der Waals surface area contributed by atoms with Gasteiger partial charge in [-0.05, 0) is 34.1 Å². The van der Waals surface area contributed by atoms with Crippen molar-refractivity contribution >= 4 is 0 Å². The molecule has 0 aromatic carbocycles. The van der Waals surface area contributed by atoms with Gasteiger partial charge in [0.05, 0.1) is 11.6 Å². The summed E-state index contributed by atoms with van der Waals surface area (Å²) in [5.74, 6) is 0. The van der Waals surface area contributed by atoms with Crippen LogP contribution in [-0.2, 0) is 14.2 Å². The summed E-state index contributed by atoms with van der Waals surface area (Å²) in [6, 6.07) is 0.496. The van der Waals surface area contributed by atoms with Crippen LogP contribution in [0.2, 0.25) is 0 Å². The molecule has 98 valence electrons. The van der Waals surface area contributed by atoms with Crippen molar-refractivity contribution in [3.63, 3.8) is 0 Å². The maximum atomic E-state index is 5.40. The molecule has 0 aliphatic rings. The smallest absolute Gasteiger partial charge is 0.171 e. The fourth-order valence-corrected chi connectivity index (χ4v) is 1.91. The first-order valence-corrected chi connectivity index (χ1v) is 5.73. The van der Waals surface area contributed by atoms with Gasteiger partial charge in [0.1, 0.15) is 0 Å². The Kier molecular flexibility index (Phi) is 7.15. The van der Waals surface area contributed by atoms with Gasteiger partial charge in [-0.3, -0.25) is 0 Å². The van der Waals surface area contributed by atoms with E-state index in [0.29, 0.717) is 6.04 Å². The van der Waals surface area contributed by atoms with Crippen LogP contribution in [0, 0.1) is 0 Å². The van der Waals surface area contributed by atoms with E-state index in [1.807, 2.05) is 6.92 Å². The molecule has 0 radical (unpaired) electrons. The first kappa shape index (κ1) is 15.8. The van der Waals surface area contributed by atoms with E-state index in [1.165, 1.54) is 0 Å². The van der Waals surface area contributed by atoms with Crippen LogP contribution in [0.25, 0.3) is 0 Å². The number of hydrogen-bond donors (Lipinski definition) is 1. The van der Waals surface area contributed by atoms with Crippen molar-refractivity contribution in [3.8, 4) is 0 Å². The highest BCUT2D eigenvalue weighted by Crippen LogP contribution is 2.16. The van der Waals surface area contributed by atoms with Crippen molar-refractivity contribution in [3.05, 3.63) is 0 Å². The maximum absolute atomic E-state index is 5.40. The number of methoxy groups -OCH3 is 3. The first-order valence-electron chi connectivity index (χ1n) is 5.73. The van der Waals surface area contributed by atoms with Crippen LogP contribution in [-0.4, -0.2) is 45.3 Å². The van der Waals surface area contributed by atoms with Crippen molar-refractivity contribution in [1.29, 1.82) is 0 Å². The lowest BCUT2D eigenvalue weighted by atomic mass is 9.99. The molecule has 0 spiro atoms. The summed E-state index contributed by atoms with van der Waals surface area (Å²) in [7, 11) is 5.04. The lowest BCUT2D eigenvalue weighted by Gasteiger charge is -2.30. The van der Waals surface area contributed by atoms with Gasteiger partial charge >= 0.3 is 0 Å². The minimum atomic E-state index is -0.215. The lowest BCUT2D eigenvalue weighted by Crippen LogP contribution is -2.46. The van der Waals surface area contributed by atoms with Crippen LogP contribution in [0.1, 0.15) is 34.1 Å². The molecule has 0 amide bonds. The van der Waals surface area contributed by atoms with Crippen LogP contribution in [0.4, 0.5) is 0 Å². The number of hydrogen-bond acceptors (Lipinski definition) is 4. The molecule has 0 aromatic rings. The van der Waals surface area contributed by atoms with Gasteiger partial charge in [-0.2, -0.15) is 0 Å². The Bertz CT molecular complexity index is 181. The van der Waals surface area contributed by atoms with Gasteiger partial charge in [0, 0.05) is 27.4 Å². The Balaban J connectivity index is 4.08. The van der Waals surface area contributed by atoms with Gasteiger partial charge in [0.2, 0.25) is 0 Å². The molecule has 0 rings (SSSR count). The number of nitrogens with one attached hydrogen (secondary N) is 1. The largest absolute Gasteiger partial charge is 0.379 e. The highest BCUT2D eigenvalue weighted by molar-refractivity contribution is 4.78. The summed E-state index contributed by atoms with van der Waals surface area (Å²) in [5.41, 5.74) is -0.109. The Hall–Kier alpha value is -0.160. The number of rotatable bonds is 8. The van der Waals surface area contributed by atoms with E-state index in [2.05, 4.69) is 26.1 Å². The summed E-state index contributed by atoms with van der Waals surface area (Å²) >= 11 is 0. The van der Waals surface area contributed by atoms with E-state index in [-0.39, 0.29) is 17.9 Å². The van der Waals surface area contributed by atoms with E-state index in [0.717, 1.165) is 6.42 Å². The molecule has 2 atom stereocenters. The molecule has 0 saturated carbocycles. The van der Waals surface area contributed by atoms with Gasteiger partial charge < -0.3 is 19.5 Å². The van der Waals surface area contributed by atoms with Gasteiger partial charge in [-0.15, -0.1) is 0 Å². The summed E-state index contributed by atoms with van der Waals surface area (Å²) in [6.07, 6.45) is 0.724. The van der Waals surface area contributed by atoms with Crippen molar-refractivity contribution in [2.75, 3.05) is 21.3 Å². The molecular weight excluding hydrogens is 206 g/mol. The van der Waals surface area contributed by atoms with Gasteiger partial charge in [0.15, 0.2) is 6.29 Å². The topological polar surface area (TPSA) is 39.7 Å². The van der Waals surface area contributed by atoms with Crippen molar-refractivity contribution in [2.24, 2.45) is 0 Å². The van der Waals surface area contributed by atoms with Crippen LogP contribution in [0.3, 0.4) is 0 Å². The van der Waals surface area contributed by atoms with Gasteiger partial charge in [-0.1, -0.05) is 0 Å². The highest BCUT2D eigenvalue weighted by atomic mass is 16.7. The quantitative estimate of drug-likeness (QED) is 0.649. The standard InChI is InChI=1S/C12H27NO3/c1-9(8-12(3,4)16-7)13-10(2)11(14-5)15-6/h9-11,13H,8H2,1-7H3. The summed E-state index contributed by atoms with van der Waals surface area (Å²) in [6.45, 7) is 8.35. The van der Waals surface area contributed by atoms with Crippen molar-refractivity contribution in [1.82, 2.24) is 5.32 Å². The molecule has 2 unspecified atom stereocenters. The SMILES string of the molecule is COC(OC)C(C)NC(C)CC(C)(C)OC.